The number of hydrogen-bond donors (Lipinski definition) is 1. The van der Waals surface area contributed by atoms with Gasteiger partial charge in [-0.3, -0.25) is 9.59 Å². The van der Waals surface area contributed by atoms with Crippen molar-refractivity contribution in [2.24, 2.45) is 11.7 Å². The second-order valence-electron chi connectivity index (χ2n) is 3.90. The van der Waals surface area contributed by atoms with E-state index in [1.807, 2.05) is 0 Å². The molecule has 90 valence electrons. The largest absolute Gasteiger partial charge is 0.369 e. The summed E-state index contributed by atoms with van der Waals surface area (Å²) in [7, 11) is 0. The van der Waals surface area contributed by atoms with Gasteiger partial charge < -0.3 is 10.6 Å². The van der Waals surface area contributed by atoms with E-state index in [1.54, 1.807) is 0 Å². The lowest BCUT2D eigenvalue weighted by Gasteiger charge is -2.17. The molecule has 0 spiro atoms. The monoisotopic (exact) mass is 300 g/mol. The standard InChI is InChI=1S/C11H10BrFN2O2/c12-8-2-1-7(13)4-9(8)15-5-6(11(14)17)3-10(15)16/h1-2,4,6H,3,5H2,(H2,14,17). The lowest BCUT2D eigenvalue weighted by Crippen LogP contribution is -2.28. The van der Waals surface area contributed by atoms with Crippen molar-refractivity contribution in [2.75, 3.05) is 11.4 Å². The zero-order chi connectivity index (χ0) is 12.6. The van der Waals surface area contributed by atoms with Gasteiger partial charge in [-0.2, -0.15) is 0 Å². The molecular weight excluding hydrogens is 291 g/mol. The molecule has 0 aliphatic carbocycles. The first kappa shape index (κ1) is 12.0. The van der Waals surface area contributed by atoms with Crippen molar-refractivity contribution in [3.8, 4) is 0 Å². The molecule has 0 saturated carbocycles. The van der Waals surface area contributed by atoms with Crippen LogP contribution < -0.4 is 10.6 Å². The first-order valence-corrected chi connectivity index (χ1v) is 5.83. The fourth-order valence-electron chi connectivity index (χ4n) is 1.82. The van der Waals surface area contributed by atoms with E-state index in [1.165, 1.54) is 23.1 Å². The van der Waals surface area contributed by atoms with Crippen LogP contribution >= 0.6 is 15.9 Å². The molecule has 1 aliphatic heterocycles. The summed E-state index contributed by atoms with van der Waals surface area (Å²) >= 11 is 3.25. The Bertz CT molecular complexity index is 492. The van der Waals surface area contributed by atoms with Crippen molar-refractivity contribution >= 4 is 33.4 Å². The summed E-state index contributed by atoms with van der Waals surface area (Å²) < 4.78 is 13.7. The number of benzene rings is 1. The van der Waals surface area contributed by atoms with Gasteiger partial charge in [-0.05, 0) is 34.1 Å². The molecule has 1 aliphatic rings. The number of primary amides is 1. The van der Waals surface area contributed by atoms with Crippen molar-refractivity contribution in [1.82, 2.24) is 0 Å². The van der Waals surface area contributed by atoms with Crippen LogP contribution in [0.15, 0.2) is 22.7 Å². The highest BCUT2D eigenvalue weighted by atomic mass is 79.9. The predicted octanol–water partition coefficient (Wildman–Crippen LogP) is 1.43. The van der Waals surface area contributed by atoms with Crippen molar-refractivity contribution in [3.05, 3.63) is 28.5 Å². The minimum Gasteiger partial charge on any atom is -0.369 e. The van der Waals surface area contributed by atoms with Crippen LogP contribution in [-0.2, 0) is 9.59 Å². The van der Waals surface area contributed by atoms with Crippen LogP contribution in [-0.4, -0.2) is 18.4 Å². The van der Waals surface area contributed by atoms with E-state index in [9.17, 15) is 14.0 Å². The van der Waals surface area contributed by atoms with Gasteiger partial charge in [0.2, 0.25) is 11.8 Å². The molecular formula is C11H10BrFN2O2. The molecule has 1 fully saturated rings. The number of rotatable bonds is 2. The molecule has 0 radical (unpaired) electrons. The fourth-order valence-corrected chi connectivity index (χ4v) is 2.28. The molecule has 2 amide bonds. The Morgan fingerprint density at radius 2 is 2.24 bits per heavy atom. The van der Waals surface area contributed by atoms with Crippen LogP contribution in [0, 0.1) is 11.7 Å². The van der Waals surface area contributed by atoms with Gasteiger partial charge in [0.25, 0.3) is 0 Å². The van der Waals surface area contributed by atoms with Gasteiger partial charge in [0, 0.05) is 17.4 Å². The van der Waals surface area contributed by atoms with E-state index in [4.69, 9.17) is 5.73 Å². The summed E-state index contributed by atoms with van der Waals surface area (Å²) in [6, 6.07) is 4.07. The van der Waals surface area contributed by atoms with Crippen LogP contribution in [0.2, 0.25) is 0 Å². The Labute approximate surface area is 106 Å². The van der Waals surface area contributed by atoms with Crippen LogP contribution in [0.4, 0.5) is 10.1 Å². The van der Waals surface area contributed by atoms with Crippen molar-refractivity contribution < 1.29 is 14.0 Å². The Balaban J connectivity index is 2.32. The minimum absolute atomic E-state index is 0.0816. The highest BCUT2D eigenvalue weighted by Crippen LogP contribution is 2.31. The second kappa shape index (κ2) is 4.44. The summed E-state index contributed by atoms with van der Waals surface area (Å²) in [6.45, 7) is 0.205. The third-order valence-corrected chi connectivity index (χ3v) is 3.40. The molecule has 2 N–H and O–H groups in total. The first-order chi connectivity index (χ1) is 7.99. The van der Waals surface area contributed by atoms with Gasteiger partial charge >= 0.3 is 0 Å². The Kier molecular flexibility index (Phi) is 3.15. The van der Waals surface area contributed by atoms with Crippen molar-refractivity contribution in [1.29, 1.82) is 0 Å². The number of carbonyl (C=O) groups is 2. The number of nitrogens with zero attached hydrogens (tertiary/aromatic N) is 1. The summed E-state index contributed by atoms with van der Waals surface area (Å²) in [5, 5.41) is 0. The number of halogens is 2. The van der Waals surface area contributed by atoms with Gasteiger partial charge in [-0.25, -0.2) is 4.39 Å². The smallest absolute Gasteiger partial charge is 0.227 e. The lowest BCUT2D eigenvalue weighted by molar-refractivity contribution is -0.123. The molecule has 1 aromatic carbocycles. The zero-order valence-electron chi connectivity index (χ0n) is 8.82. The maximum Gasteiger partial charge on any atom is 0.227 e. The lowest BCUT2D eigenvalue weighted by atomic mass is 10.1. The Hall–Kier alpha value is -1.43. The Morgan fingerprint density at radius 1 is 1.53 bits per heavy atom. The molecule has 1 atom stereocenters. The molecule has 1 saturated heterocycles. The fraction of sp³-hybridized carbons (Fsp3) is 0.273. The van der Waals surface area contributed by atoms with Crippen LogP contribution in [0.1, 0.15) is 6.42 Å². The number of carbonyl (C=O) groups excluding carboxylic acids is 2. The zero-order valence-corrected chi connectivity index (χ0v) is 10.4. The summed E-state index contributed by atoms with van der Waals surface area (Å²) in [6.07, 6.45) is 0.0816. The molecule has 6 heteroatoms. The SMILES string of the molecule is NC(=O)C1CC(=O)N(c2cc(F)ccc2Br)C1. The van der Waals surface area contributed by atoms with Crippen molar-refractivity contribution in [2.45, 2.75) is 6.42 Å². The van der Waals surface area contributed by atoms with Gasteiger partial charge in [0.1, 0.15) is 5.82 Å². The van der Waals surface area contributed by atoms with Gasteiger partial charge in [0.15, 0.2) is 0 Å². The first-order valence-electron chi connectivity index (χ1n) is 5.04. The van der Waals surface area contributed by atoms with E-state index < -0.39 is 17.6 Å². The van der Waals surface area contributed by atoms with Crippen LogP contribution in [0.3, 0.4) is 0 Å². The quantitative estimate of drug-likeness (QED) is 0.898. The van der Waals surface area contributed by atoms with E-state index >= 15 is 0 Å². The van der Waals surface area contributed by atoms with Crippen LogP contribution in [0.25, 0.3) is 0 Å². The molecule has 0 bridgehead atoms. The highest BCUT2D eigenvalue weighted by molar-refractivity contribution is 9.10. The maximum absolute atomic E-state index is 13.1. The molecule has 17 heavy (non-hydrogen) atoms. The van der Waals surface area contributed by atoms with E-state index in [0.717, 1.165) is 0 Å². The minimum atomic E-state index is -0.506. The normalized spacial score (nSPS) is 19.8. The maximum atomic E-state index is 13.1. The average Bonchev–Trinajstić information content (AvgIpc) is 2.64. The van der Waals surface area contributed by atoms with Gasteiger partial charge in [-0.15, -0.1) is 0 Å². The van der Waals surface area contributed by atoms with E-state index in [2.05, 4.69) is 15.9 Å². The third-order valence-electron chi connectivity index (χ3n) is 2.73. The summed E-state index contributed by atoms with van der Waals surface area (Å²) in [5.74, 6) is -1.66. The molecule has 1 unspecified atom stereocenters. The molecule has 2 rings (SSSR count). The van der Waals surface area contributed by atoms with Crippen molar-refractivity contribution in [3.63, 3.8) is 0 Å². The van der Waals surface area contributed by atoms with Gasteiger partial charge in [-0.1, -0.05) is 0 Å². The van der Waals surface area contributed by atoms with Gasteiger partial charge in [0.05, 0.1) is 11.6 Å². The third kappa shape index (κ3) is 2.31. The molecule has 0 aromatic heterocycles. The molecule has 1 aromatic rings. The topological polar surface area (TPSA) is 63.4 Å². The summed E-state index contributed by atoms with van der Waals surface area (Å²) in [4.78, 5) is 24.1. The number of hydrogen-bond acceptors (Lipinski definition) is 2. The molecule has 1 heterocycles. The average molecular weight is 301 g/mol. The Morgan fingerprint density at radius 3 is 2.82 bits per heavy atom. The van der Waals surface area contributed by atoms with E-state index in [0.29, 0.717) is 10.2 Å². The second-order valence-corrected chi connectivity index (χ2v) is 4.76. The number of amides is 2. The molecule has 4 nitrogen and oxygen atoms in total. The number of anilines is 1. The number of nitrogens with two attached hydrogens (primary N) is 1. The predicted molar refractivity (Wildman–Crippen MR) is 63.8 cm³/mol. The van der Waals surface area contributed by atoms with E-state index in [-0.39, 0.29) is 18.9 Å². The highest BCUT2D eigenvalue weighted by Gasteiger charge is 2.34. The summed E-state index contributed by atoms with van der Waals surface area (Å²) in [5.41, 5.74) is 5.59. The van der Waals surface area contributed by atoms with Crippen LogP contribution in [0.5, 0.6) is 0 Å².